The Balaban J connectivity index is 0.00000576. The second kappa shape index (κ2) is 11.4. The van der Waals surface area contributed by atoms with E-state index in [4.69, 9.17) is 0 Å². The van der Waals surface area contributed by atoms with Crippen LogP contribution in [-0.2, 0) is 16.3 Å². The molecular formula is C17H32IN3O2S2. The standard InChI is InChI=1S/C17H31N3O2S2.HI/c1-14(11-15-7-6-9-23-15)12-19-16(18-4)20-13-17(2,3)8-10-24(5,21)22;/h6-7,9,14H,8,10-13H2,1-5H3,(H2,18,19,20);1H. The monoisotopic (exact) mass is 501 g/mol. The molecule has 1 heterocycles. The van der Waals surface area contributed by atoms with Gasteiger partial charge in [0.15, 0.2) is 5.96 Å². The fraction of sp³-hybridized carbons (Fsp3) is 0.706. The predicted molar refractivity (Wildman–Crippen MR) is 120 cm³/mol. The fourth-order valence-corrected chi connectivity index (χ4v) is 4.00. The summed E-state index contributed by atoms with van der Waals surface area (Å²) < 4.78 is 22.6. The highest BCUT2D eigenvalue weighted by Crippen LogP contribution is 2.19. The third kappa shape index (κ3) is 11.8. The Hall–Kier alpha value is -0.350. The van der Waals surface area contributed by atoms with Crippen LogP contribution in [0.15, 0.2) is 22.5 Å². The van der Waals surface area contributed by atoms with E-state index in [0.29, 0.717) is 18.9 Å². The number of sulfone groups is 1. The van der Waals surface area contributed by atoms with E-state index >= 15 is 0 Å². The molecule has 0 spiro atoms. The molecule has 0 saturated carbocycles. The second-order valence-corrected chi connectivity index (χ2v) is 10.5. The van der Waals surface area contributed by atoms with Gasteiger partial charge in [-0.1, -0.05) is 26.8 Å². The first kappa shape index (κ1) is 24.7. The van der Waals surface area contributed by atoms with Gasteiger partial charge >= 0.3 is 0 Å². The summed E-state index contributed by atoms with van der Waals surface area (Å²) in [4.78, 5) is 5.65. The first-order valence-corrected chi connectivity index (χ1v) is 11.2. The van der Waals surface area contributed by atoms with Gasteiger partial charge in [-0.05, 0) is 35.6 Å². The Morgan fingerprint density at radius 3 is 2.56 bits per heavy atom. The van der Waals surface area contributed by atoms with Gasteiger partial charge in [0.05, 0.1) is 5.75 Å². The Morgan fingerprint density at radius 1 is 1.36 bits per heavy atom. The molecule has 0 radical (unpaired) electrons. The second-order valence-electron chi connectivity index (χ2n) is 7.24. The average molecular weight is 502 g/mol. The minimum Gasteiger partial charge on any atom is -0.356 e. The van der Waals surface area contributed by atoms with Crippen molar-refractivity contribution in [3.05, 3.63) is 22.4 Å². The quantitative estimate of drug-likeness (QED) is 0.310. The topological polar surface area (TPSA) is 70.6 Å². The van der Waals surface area contributed by atoms with Gasteiger partial charge in [0.25, 0.3) is 0 Å². The molecule has 146 valence electrons. The van der Waals surface area contributed by atoms with Gasteiger partial charge in [0.1, 0.15) is 9.84 Å². The molecule has 0 bridgehead atoms. The summed E-state index contributed by atoms with van der Waals surface area (Å²) in [5.74, 6) is 1.49. The molecule has 8 heteroatoms. The van der Waals surface area contributed by atoms with E-state index in [0.717, 1.165) is 18.9 Å². The van der Waals surface area contributed by atoms with E-state index in [1.54, 1.807) is 18.4 Å². The zero-order valence-corrected chi connectivity index (χ0v) is 19.8. The lowest BCUT2D eigenvalue weighted by atomic mass is 9.90. The van der Waals surface area contributed by atoms with Crippen LogP contribution < -0.4 is 10.6 Å². The Labute approximate surface area is 174 Å². The molecule has 0 aliphatic carbocycles. The molecule has 2 N–H and O–H groups in total. The highest BCUT2D eigenvalue weighted by atomic mass is 127. The third-order valence-corrected chi connectivity index (χ3v) is 5.70. The van der Waals surface area contributed by atoms with E-state index in [1.165, 1.54) is 11.1 Å². The molecule has 0 aliphatic rings. The zero-order chi connectivity index (χ0) is 18.2. The van der Waals surface area contributed by atoms with Crippen molar-refractivity contribution in [1.82, 2.24) is 10.6 Å². The largest absolute Gasteiger partial charge is 0.356 e. The van der Waals surface area contributed by atoms with Gasteiger partial charge in [-0.3, -0.25) is 4.99 Å². The molecule has 0 aromatic carbocycles. The van der Waals surface area contributed by atoms with Crippen LogP contribution in [0.4, 0.5) is 0 Å². The van der Waals surface area contributed by atoms with Gasteiger partial charge in [0, 0.05) is 31.3 Å². The molecule has 1 rings (SSSR count). The molecule has 1 aromatic rings. The summed E-state index contributed by atoms with van der Waals surface area (Å²) in [5.41, 5.74) is -0.108. The van der Waals surface area contributed by atoms with Crippen LogP contribution in [0.1, 0.15) is 32.1 Å². The van der Waals surface area contributed by atoms with Crippen LogP contribution in [0.5, 0.6) is 0 Å². The molecule has 0 amide bonds. The number of hydrogen-bond acceptors (Lipinski definition) is 4. The number of halogens is 1. The molecule has 1 aromatic heterocycles. The summed E-state index contributed by atoms with van der Waals surface area (Å²) in [7, 11) is -1.17. The molecule has 1 unspecified atom stereocenters. The maximum absolute atomic E-state index is 11.3. The highest BCUT2D eigenvalue weighted by molar-refractivity contribution is 14.0. The Morgan fingerprint density at radius 2 is 2.04 bits per heavy atom. The van der Waals surface area contributed by atoms with Gasteiger partial charge < -0.3 is 10.6 Å². The molecule has 1 atom stereocenters. The van der Waals surface area contributed by atoms with Crippen molar-refractivity contribution in [3.63, 3.8) is 0 Å². The van der Waals surface area contributed by atoms with Crippen LogP contribution in [0.3, 0.4) is 0 Å². The highest BCUT2D eigenvalue weighted by Gasteiger charge is 2.20. The minimum atomic E-state index is -2.92. The predicted octanol–water partition coefficient (Wildman–Crippen LogP) is 3.17. The number of aliphatic imine (C=N–C) groups is 1. The van der Waals surface area contributed by atoms with E-state index in [-0.39, 0.29) is 35.1 Å². The number of guanidine groups is 1. The van der Waals surface area contributed by atoms with Gasteiger partial charge in [0.2, 0.25) is 0 Å². The molecule has 0 fully saturated rings. The molecule has 0 aliphatic heterocycles. The van der Waals surface area contributed by atoms with Gasteiger partial charge in [-0.15, -0.1) is 35.3 Å². The van der Waals surface area contributed by atoms with Crippen molar-refractivity contribution in [3.8, 4) is 0 Å². The zero-order valence-electron chi connectivity index (χ0n) is 15.8. The number of thiophene rings is 1. The SMILES string of the molecule is CN=C(NCC(C)Cc1cccs1)NCC(C)(C)CCS(C)(=O)=O.I. The van der Waals surface area contributed by atoms with E-state index in [1.807, 2.05) is 0 Å². The third-order valence-electron chi connectivity index (χ3n) is 3.86. The molecule has 0 saturated heterocycles. The number of nitrogens with zero attached hydrogens (tertiary/aromatic N) is 1. The summed E-state index contributed by atoms with van der Waals surface area (Å²) in [6.45, 7) is 7.88. The minimum absolute atomic E-state index is 0. The fourth-order valence-electron chi connectivity index (χ4n) is 2.21. The maximum atomic E-state index is 11.3. The Kier molecular flexibility index (Phi) is 11.2. The van der Waals surface area contributed by atoms with Crippen molar-refractivity contribution < 1.29 is 8.42 Å². The van der Waals surface area contributed by atoms with Crippen molar-refractivity contribution in [1.29, 1.82) is 0 Å². The Bertz CT molecular complexity index is 614. The molecule has 5 nitrogen and oxygen atoms in total. The molecular weight excluding hydrogens is 469 g/mol. The number of rotatable bonds is 9. The lowest BCUT2D eigenvalue weighted by Crippen LogP contribution is -2.43. The van der Waals surface area contributed by atoms with Gasteiger partial charge in [-0.2, -0.15) is 0 Å². The van der Waals surface area contributed by atoms with Crippen LogP contribution in [0.25, 0.3) is 0 Å². The lowest BCUT2D eigenvalue weighted by Gasteiger charge is -2.26. The van der Waals surface area contributed by atoms with Gasteiger partial charge in [-0.25, -0.2) is 8.42 Å². The summed E-state index contributed by atoms with van der Waals surface area (Å²) in [6, 6.07) is 4.25. The lowest BCUT2D eigenvalue weighted by molar-refractivity contribution is 0.348. The van der Waals surface area contributed by atoms with Crippen molar-refractivity contribution in [2.24, 2.45) is 16.3 Å². The van der Waals surface area contributed by atoms with Crippen LogP contribution >= 0.6 is 35.3 Å². The van der Waals surface area contributed by atoms with E-state index < -0.39 is 9.84 Å². The first-order chi connectivity index (χ1) is 11.1. The van der Waals surface area contributed by atoms with Crippen LogP contribution in [-0.4, -0.2) is 46.5 Å². The number of nitrogens with one attached hydrogen (secondary N) is 2. The summed E-state index contributed by atoms with van der Waals surface area (Å²) >= 11 is 1.79. The van der Waals surface area contributed by atoms with E-state index in [9.17, 15) is 8.42 Å². The van der Waals surface area contributed by atoms with Crippen molar-refractivity contribution in [2.45, 2.75) is 33.6 Å². The van der Waals surface area contributed by atoms with Crippen molar-refractivity contribution in [2.75, 3.05) is 32.1 Å². The van der Waals surface area contributed by atoms with Crippen molar-refractivity contribution >= 4 is 51.1 Å². The van der Waals surface area contributed by atoms with Crippen LogP contribution in [0, 0.1) is 11.3 Å². The molecule has 25 heavy (non-hydrogen) atoms. The number of hydrogen-bond donors (Lipinski definition) is 2. The average Bonchev–Trinajstić information content (AvgIpc) is 2.97. The van der Waals surface area contributed by atoms with E-state index in [2.05, 4.69) is 53.9 Å². The normalized spacial score (nSPS) is 13.9. The maximum Gasteiger partial charge on any atom is 0.191 e. The smallest absolute Gasteiger partial charge is 0.191 e. The van der Waals surface area contributed by atoms with Crippen LogP contribution in [0.2, 0.25) is 0 Å². The summed E-state index contributed by atoms with van der Waals surface area (Å²) in [5, 5.41) is 8.76. The summed E-state index contributed by atoms with van der Waals surface area (Å²) in [6.07, 6.45) is 2.97. The first-order valence-electron chi connectivity index (χ1n) is 8.26.